The lowest BCUT2D eigenvalue weighted by Crippen LogP contribution is -2.29. The number of ether oxygens (including phenoxy) is 1. The van der Waals surface area contributed by atoms with Crippen molar-refractivity contribution >= 4 is 5.91 Å². The van der Waals surface area contributed by atoms with Gasteiger partial charge in [0.1, 0.15) is 5.75 Å². The van der Waals surface area contributed by atoms with Gasteiger partial charge in [0.2, 0.25) is 5.91 Å². The minimum Gasteiger partial charge on any atom is -0.497 e. The number of carbonyl (C=O) groups excluding carboxylic acids is 1. The van der Waals surface area contributed by atoms with Crippen molar-refractivity contribution in [1.82, 2.24) is 4.90 Å². The third-order valence-electron chi connectivity index (χ3n) is 3.58. The van der Waals surface area contributed by atoms with E-state index in [9.17, 15) is 4.79 Å². The Hall–Kier alpha value is -2.73. The van der Waals surface area contributed by atoms with Gasteiger partial charge in [0.15, 0.2) is 0 Å². The summed E-state index contributed by atoms with van der Waals surface area (Å²) >= 11 is 0. The highest BCUT2D eigenvalue weighted by Crippen LogP contribution is 2.16. The van der Waals surface area contributed by atoms with Crippen LogP contribution < -0.4 is 4.74 Å². The number of rotatable bonds is 7. The summed E-state index contributed by atoms with van der Waals surface area (Å²) in [5, 5.41) is 0. The van der Waals surface area contributed by atoms with Crippen molar-refractivity contribution in [1.29, 1.82) is 0 Å². The Morgan fingerprint density at radius 2 is 1.65 bits per heavy atom. The molecule has 0 aliphatic rings. The first-order valence-electron chi connectivity index (χ1n) is 7.61. The Morgan fingerprint density at radius 3 is 2.22 bits per heavy atom. The van der Waals surface area contributed by atoms with Gasteiger partial charge in [-0.1, -0.05) is 42.5 Å². The van der Waals surface area contributed by atoms with E-state index in [-0.39, 0.29) is 5.91 Å². The predicted molar refractivity (Wildman–Crippen MR) is 91.8 cm³/mol. The molecule has 0 spiro atoms. The fourth-order valence-electron chi connectivity index (χ4n) is 2.32. The molecule has 0 unspecified atom stereocenters. The summed E-state index contributed by atoms with van der Waals surface area (Å²) < 4.78 is 5.17. The zero-order valence-corrected chi connectivity index (χ0v) is 13.4. The standard InChI is InChI=1S/C20H21NO2/c1-3-4-10-20(22)21(15-17-8-6-5-7-9-17)16-18-11-13-19(23-2)14-12-18/h1,5-9,11-14H,4,10,15-16H2,2H3. The zero-order valence-electron chi connectivity index (χ0n) is 13.4. The molecule has 0 atom stereocenters. The molecule has 0 aliphatic heterocycles. The van der Waals surface area contributed by atoms with Crippen LogP contribution in [0, 0.1) is 12.3 Å². The molecular weight excluding hydrogens is 286 g/mol. The second-order valence-electron chi connectivity index (χ2n) is 5.29. The minimum atomic E-state index is 0.0719. The Balaban J connectivity index is 2.11. The van der Waals surface area contributed by atoms with E-state index >= 15 is 0 Å². The third kappa shape index (κ3) is 5.19. The normalized spacial score (nSPS) is 9.91. The molecule has 0 heterocycles. The fraction of sp³-hybridized carbons (Fsp3) is 0.250. The molecule has 2 rings (SSSR count). The van der Waals surface area contributed by atoms with Crippen LogP contribution >= 0.6 is 0 Å². The predicted octanol–water partition coefficient (Wildman–Crippen LogP) is 3.64. The van der Waals surface area contributed by atoms with Crippen LogP contribution in [0.4, 0.5) is 0 Å². The van der Waals surface area contributed by atoms with Crippen molar-refractivity contribution in [3.05, 3.63) is 65.7 Å². The van der Waals surface area contributed by atoms with E-state index in [2.05, 4.69) is 5.92 Å². The van der Waals surface area contributed by atoms with Crippen LogP contribution in [0.15, 0.2) is 54.6 Å². The molecule has 3 nitrogen and oxygen atoms in total. The highest BCUT2D eigenvalue weighted by Gasteiger charge is 2.14. The molecular formula is C20H21NO2. The van der Waals surface area contributed by atoms with Gasteiger partial charge >= 0.3 is 0 Å². The lowest BCUT2D eigenvalue weighted by Gasteiger charge is -2.23. The van der Waals surface area contributed by atoms with E-state index < -0.39 is 0 Å². The summed E-state index contributed by atoms with van der Waals surface area (Å²) in [4.78, 5) is 14.3. The Labute approximate surface area is 137 Å². The number of methoxy groups -OCH3 is 1. The molecule has 1 amide bonds. The molecule has 0 saturated heterocycles. The summed E-state index contributed by atoms with van der Waals surface area (Å²) in [5.41, 5.74) is 2.17. The van der Waals surface area contributed by atoms with Crippen molar-refractivity contribution in [3.8, 4) is 18.1 Å². The summed E-state index contributed by atoms with van der Waals surface area (Å²) in [6.45, 7) is 1.14. The number of hydrogen-bond donors (Lipinski definition) is 0. The molecule has 0 N–H and O–H groups in total. The molecule has 23 heavy (non-hydrogen) atoms. The molecule has 0 saturated carbocycles. The lowest BCUT2D eigenvalue weighted by molar-refractivity contribution is -0.132. The van der Waals surface area contributed by atoms with Gasteiger partial charge in [-0.3, -0.25) is 4.79 Å². The van der Waals surface area contributed by atoms with Gasteiger partial charge < -0.3 is 9.64 Å². The average molecular weight is 307 g/mol. The van der Waals surface area contributed by atoms with Crippen LogP contribution in [0.2, 0.25) is 0 Å². The van der Waals surface area contributed by atoms with E-state index in [0.717, 1.165) is 16.9 Å². The maximum atomic E-state index is 12.4. The van der Waals surface area contributed by atoms with Gasteiger partial charge in [-0.2, -0.15) is 0 Å². The second kappa shape index (κ2) is 8.65. The molecule has 118 valence electrons. The average Bonchev–Trinajstić information content (AvgIpc) is 2.60. The summed E-state index contributed by atoms with van der Waals surface area (Å²) in [5.74, 6) is 3.41. The summed E-state index contributed by atoms with van der Waals surface area (Å²) in [6, 6.07) is 17.7. The number of benzene rings is 2. The van der Waals surface area contributed by atoms with E-state index in [0.29, 0.717) is 25.9 Å². The summed E-state index contributed by atoms with van der Waals surface area (Å²) in [6.07, 6.45) is 6.12. The summed E-state index contributed by atoms with van der Waals surface area (Å²) in [7, 11) is 1.64. The molecule has 0 aliphatic carbocycles. The van der Waals surface area contributed by atoms with Crippen LogP contribution in [0.5, 0.6) is 5.75 Å². The third-order valence-corrected chi connectivity index (χ3v) is 3.58. The molecule has 0 fully saturated rings. The molecule has 2 aromatic rings. The van der Waals surface area contributed by atoms with Crippen molar-refractivity contribution in [3.63, 3.8) is 0 Å². The highest BCUT2D eigenvalue weighted by atomic mass is 16.5. The topological polar surface area (TPSA) is 29.5 Å². The minimum absolute atomic E-state index is 0.0719. The molecule has 2 aromatic carbocycles. The van der Waals surface area contributed by atoms with Gasteiger partial charge in [0.25, 0.3) is 0 Å². The Morgan fingerprint density at radius 1 is 1.04 bits per heavy atom. The van der Waals surface area contributed by atoms with Gasteiger partial charge in [-0.15, -0.1) is 12.3 Å². The second-order valence-corrected chi connectivity index (χ2v) is 5.29. The van der Waals surface area contributed by atoms with Gasteiger partial charge in [-0.25, -0.2) is 0 Å². The van der Waals surface area contributed by atoms with E-state index in [1.165, 1.54) is 0 Å². The van der Waals surface area contributed by atoms with Crippen molar-refractivity contribution in [2.24, 2.45) is 0 Å². The monoisotopic (exact) mass is 307 g/mol. The molecule has 0 aromatic heterocycles. The van der Waals surface area contributed by atoms with Crippen LogP contribution in [-0.2, 0) is 17.9 Å². The van der Waals surface area contributed by atoms with Crippen LogP contribution in [0.25, 0.3) is 0 Å². The van der Waals surface area contributed by atoms with Crippen LogP contribution in [-0.4, -0.2) is 17.9 Å². The van der Waals surface area contributed by atoms with Crippen LogP contribution in [0.1, 0.15) is 24.0 Å². The molecule has 3 heteroatoms. The van der Waals surface area contributed by atoms with Crippen LogP contribution in [0.3, 0.4) is 0 Å². The maximum Gasteiger partial charge on any atom is 0.224 e. The highest BCUT2D eigenvalue weighted by molar-refractivity contribution is 5.76. The van der Waals surface area contributed by atoms with Crippen molar-refractivity contribution in [2.75, 3.05) is 7.11 Å². The number of hydrogen-bond acceptors (Lipinski definition) is 2. The SMILES string of the molecule is C#CCCC(=O)N(Cc1ccccc1)Cc1ccc(OC)cc1. The number of nitrogens with zero attached hydrogens (tertiary/aromatic N) is 1. The van der Waals surface area contributed by atoms with Gasteiger partial charge in [0.05, 0.1) is 7.11 Å². The smallest absolute Gasteiger partial charge is 0.224 e. The largest absolute Gasteiger partial charge is 0.497 e. The lowest BCUT2D eigenvalue weighted by atomic mass is 10.1. The molecule has 0 radical (unpaired) electrons. The Kier molecular flexibility index (Phi) is 6.26. The van der Waals surface area contributed by atoms with E-state index in [4.69, 9.17) is 11.2 Å². The first-order chi connectivity index (χ1) is 11.2. The first-order valence-corrected chi connectivity index (χ1v) is 7.61. The number of carbonyl (C=O) groups is 1. The van der Waals surface area contributed by atoms with E-state index in [1.54, 1.807) is 7.11 Å². The van der Waals surface area contributed by atoms with E-state index in [1.807, 2.05) is 59.5 Å². The maximum absolute atomic E-state index is 12.4. The quantitative estimate of drug-likeness (QED) is 0.731. The van der Waals surface area contributed by atoms with Gasteiger partial charge in [-0.05, 0) is 23.3 Å². The molecule has 0 bridgehead atoms. The van der Waals surface area contributed by atoms with Gasteiger partial charge in [0, 0.05) is 25.9 Å². The zero-order chi connectivity index (χ0) is 16.5. The Bertz CT molecular complexity index is 656. The van der Waals surface area contributed by atoms with Crippen molar-refractivity contribution < 1.29 is 9.53 Å². The fourth-order valence-corrected chi connectivity index (χ4v) is 2.32. The first kappa shape index (κ1) is 16.6. The number of terminal acetylenes is 1. The van der Waals surface area contributed by atoms with Crippen molar-refractivity contribution in [2.45, 2.75) is 25.9 Å². The number of amides is 1.